The Hall–Kier alpha value is -1.39. The van der Waals surface area contributed by atoms with Crippen LogP contribution in [-0.4, -0.2) is 48.9 Å². The molecule has 1 amide bonds. The van der Waals surface area contributed by atoms with E-state index in [1.54, 1.807) is 11.3 Å². The standard InChI is InChI=1S/C18H22N2OS/c1-19-9-6-18(7-10-19)8-11-20(13-18)17(21)15-12-22-16-5-3-2-4-14(15)16/h2-5,12H,6-11,13H2,1H3. The van der Waals surface area contributed by atoms with Crippen molar-refractivity contribution in [2.45, 2.75) is 19.3 Å². The van der Waals surface area contributed by atoms with E-state index >= 15 is 0 Å². The summed E-state index contributed by atoms with van der Waals surface area (Å²) in [5.41, 5.74) is 1.28. The Balaban J connectivity index is 1.55. The highest BCUT2D eigenvalue weighted by Crippen LogP contribution is 2.41. The van der Waals surface area contributed by atoms with Crippen molar-refractivity contribution in [3.8, 4) is 0 Å². The van der Waals surface area contributed by atoms with Gasteiger partial charge in [-0.2, -0.15) is 0 Å². The lowest BCUT2D eigenvalue weighted by atomic mass is 9.78. The highest BCUT2D eigenvalue weighted by Gasteiger charge is 2.41. The van der Waals surface area contributed by atoms with Gasteiger partial charge in [0.25, 0.3) is 5.91 Å². The van der Waals surface area contributed by atoms with Gasteiger partial charge in [0.05, 0.1) is 5.56 Å². The molecule has 0 N–H and O–H groups in total. The van der Waals surface area contributed by atoms with E-state index in [9.17, 15) is 4.79 Å². The summed E-state index contributed by atoms with van der Waals surface area (Å²) in [5, 5.41) is 3.15. The first-order chi connectivity index (χ1) is 10.7. The molecule has 0 unspecified atom stereocenters. The predicted molar refractivity (Wildman–Crippen MR) is 91.5 cm³/mol. The minimum atomic E-state index is 0.230. The van der Waals surface area contributed by atoms with Gasteiger partial charge in [-0.25, -0.2) is 0 Å². The number of hydrogen-bond donors (Lipinski definition) is 0. The summed E-state index contributed by atoms with van der Waals surface area (Å²) in [6.45, 7) is 4.21. The van der Waals surface area contributed by atoms with Crippen LogP contribution in [0.15, 0.2) is 29.6 Å². The second-order valence-corrected chi connectivity index (χ2v) is 7.84. The van der Waals surface area contributed by atoms with E-state index in [2.05, 4.69) is 29.0 Å². The molecule has 0 bridgehead atoms. The zero-order valence-corrected chi connectivity index (χ0v) is 13.9. The average molecular weight is 314 g/mol. The molecule has 2 aromatic rings. The SMILES string of the molecule is CN1CCC2(CC1)CCN(C(=O)c1csc3ccccc13)C2. The van der Waals surface area contributed by atoms with Crippen LogP contribution in [0.1, 0.15) is 29.6 Å². The van der Waals surface area contributed by atoms with Crippen LogP contribution in [0.4, 0.5) is 0 Å². The van der Waals surface area contributed by atoms with E-state index in [-0.39, 0.29) is 5.91 Å². The second-order valence-electron chi connectivity index (χ2n) is 6.93. The van der Waals surface area contributed by atoms with Gasteiger partial charge >= 0.3 is 0 Å². The third-order valence-electron chi connectivity index (χ3n) is 5.48. The van der Waals surface area contributed by atoms with Crippen molar-refractivity contribution in [2.24, 2.45) is 5.41 Å². The average Bonchev–Trinajstić information content (AvgIpc) is 3.15. The third kappa shape index (κ3) is 2.34. The van der Waals surface area contributed by atoms with Gasteiger partial charge in [0, 0.05) is 28.6 Å². The molecule has 3 nitrogen and oxygen atoms in total. The summed E-state index contributed by atoms with van der Waals surface area (Å²) in [4.78, 5) is 17.4. The lowest BCUT2D eigenvalue weighted by Crippen LogP contribution is -2.40. The molecule has 1 spiro atoms. The van der Waals surface area contributed by atoms with Crippen LogP contribution in [0.5, 0.6) is 0 Å². The molecule has 2 saturated heterocycles. The minimum Gasteiger partial charge on any atom is -0.338 e. The number of amides is 1. The van der Waals surface area contributed by atoms with E-state index < -0.39 is 0 Å². The van der Waals surface area contributed by atoms with Gasteiger partial charge in [-0.15, -0.1) is 11.3 Å². The molecule has 4 rings (SSSR count). The van der Waals surface area contributed by atoms with E-state index in [4.69, 9.17) is 0 Å². The molecule has 2 fully saturated rings. The summed E-state index contributed by atoms with van der Waals surface area (Å²) < 4.78 is 1.21. The van der Waals surface area contributed by atoms with Gasteiger partial charge in [-0.1, -0.05) is 18.2 Å². The molecule has 0 atom stereocenters. The summed E-state index contributed by atoms with van der Waals surface area (Å²) in [6, 6.07) is 8.23. The first kappa shape index (κ1) is 14.2. The smallest absolute Gasteiger partial charge is 0.255 e. The Kier molecular flexibility index (Phi) is 3.46. The van der Waals surface area contributed by atoms with Crippen molar-refractivity contribution in [2.75, 3.05) is 33.2 Å². The third-order valence-corrected chi connectivity index (χ3v) is 6.45. The summed E-state index contributed by atoms with van der Waals surface area (Å²) in [7, 11) is 2.20. The van der Waals surface area contributed by atoms with Gasteiger partial charge < -0.3 is 9.80 Å². The number of thiophene rings is 1. The van der Waals surface area contributed by atoms with E-state index in [1.165, 1.54) is 37.1 Å². The fourth-order valence-corrected chi connectivity index (χ4v) is 4.86. The van der Waals surface area contributed by atoms with Gasteiger partial charge in [0.1, 0.15) is 0 Å². The lowest BCUT2D eigenvalue weighted by Gasteiger charge is -2.37. The lowest BCUT2D eigenvalue weighted by molar-refractivity contribution is 0.0739. The minimum absolute atomic E-state index is 0.230. The fourth-order valence-electron chi connectivity index (χ4n) is 3.92. The van der Waals surface area contributed by atoms with Gasteiger partial charge in [-0.05, 0) is 50.9 Å². The van der Waals surface area contributed by atoms with E-state index in [0.29, 0.717) is 5.41 Å². The maximum Gasteiger partial charge on any atom is 0.255 e. The van der Waals surface area contributed by atoms with Crippen LogP contribution < -0.4 is 0 Å². The van der Waals surface area contributed by atoms with E-state index in [0.717, 1.165) is 24.0 Å². The van der Waals surface area contributed by atoms with Crippen LogP contribution in [-0.2, 0) is 0 Å². The number of carbonyl (C=O) groups excluding carboxylic acids is 1. The number of piperidine rings is 1. The number of hydrogen-bond acceptors (Lipinski definition) is 3. The number of carbonyl (C=O) groups is 1. The first-order valence-electron chi connectivity index (χ1n) is 8.11. The molecule has 0 aliphatic carbocycles. The van der Waals surface area contributed by atoms with Crippen LogP contribution in [0.3, 0.4) is 0 Å². The molecule has 0 saturated carbocycles. The number of likely N-dealkylation sites (tertiary alicyclic amines) is 2. The number of rotatable bonds is 1. The number of benzene rings is 1. The highest BCUT2D eigenvalue weighted by atomic mass is 32.1. The zero-order chi connectivity index (χ0) is 15.2. The number of nitrogens with zero attached hydrogens (tertiary/aromatic N) is 2. The Morgan fingerprint density at radius 1 is 1.14 bits per heavy atom. The Labute approximate surface area is 135 Å². The molecule has 22 heavy (non-hydrogen) atoms. The predicted octanol–water partition coefficient (Wildman–Crippen LogP) is 3.46. The van der Waals surface area contributed by atoms with Gasteiger partial charge in [0.15, 0.2) is 0 Å². The fraction of sp³-hybridized carbons (Fsp3) is 0.500. The second kappa shape index (κ2) is 5.36. The molecule has 116 valence electrons. The van der Waals surface area contributed by atoms with Gasteiger partial charge in [-0.3, -0.25) is 4.79 Å². The quantitative estimate of drug-likeness (QED) is 0.805. The summed E-state index contributed by atoms with van der Waals surface area (Å²) >= 11 is 1.67. The molecule has 1 aromatic heterocycles. The maximum absolute atomic E-state index is 12.9. The van der Waals surface area contributed by atoms with Crippen LogP contribution >= 0.6 is 11.3 Å². The van der Waals surface area contributed by atoms with Crippen LogP contribution in [0.25, 0.3) is 10.1 Å². The Bertz CT molecular complexity index is 700. The largest absolute Gasteiger partial charge is 0.338 e. The molecule has 4 heteroatoms. The molecule has 2 aliphatic heterocycles. The van der Waals surface area contributed by atoms with Crippen molar-refractivity contribution >= 4 is 27.3 Å². The Morgan fingerprint density at radius 3 is 2.68 bits per heavy atom. The Morgan fingerprint density at radius 2 is 1.86 bits per heavy atom. The van der Waals surface area contributed by atoms with E-state index in [1.807, 2.05) is 17.5 Å². The normalized spacial score (nSPS) is 21.8. The number of fused-ring (bicyclic) bond motifs is 1. The van der Waals surface area contributed by atoms with Crippen molar-refractivity contribution in [3.05, 3.63) is 35.2 Å². The molecular formula is C18H22N2OS. The summed E-state index contributed by atoms with van der Waals surface area (Å²) in [6.07, 6.45) is 3.64. The molecule has 1 aromatic carbocycles. The molecular weight excluding hydrogens is 292 g/mol. The van der Waals surface area contributed by atoms with Crippen LogP contribution in [0, 0.1) is 5.41 Å². The van der Waals surface area contributed by atoms with Crippen LogP contribution in [0.2, 0.25) is 0 Å². The first-order valence-corrected chi connectivity index (χ1v) is 8.99. The van der Waals surface area contributed by atoms with Crippen molar-refractivity contribution in [1.29, 1.82) is 0 Å². The monoisotopic (exact) mass is 314 g/mol. The molecule has 2 aliphatic rings. The summed E-state index contributed by atoms with van der Waals surface area (Å²) in [5.74, 6) is 0.230. The highest BCUT2D eigenvalue weighted by molar-refractivity contribution is 7.17. The van der Waals surface area contributed by atoms with Crippen molar-refractivity contribution in [3.63, 3.8) is 0 Å². The zero-order valence-electron chi connectivity index (χ0n) is 13.0. The molecule has 3 heterocycles. The molecule has 0 radical (unpaired) electrons. The van der Waals surface area contributed by atoms with Crippen molar-refractivity contribution in [1.82, 2.24) is 9.80 Å². The maximum atomic E-state index is 12.9. The van der Waals surface area contributed by atoms with Crippen molar-refractivity contribution < 1.29 is 4.79 Å². The van der Waals surface area contributed by atoms with Gasteiger partial charge in [0.2, 0.25) is 0 Å². The topological polar surface area (TPSA) is 23.6 Å².